The van der Waals surface area contributed by atoms with Crippen LogP contribution in [0, 0.1) is 5.92 Å². The number of piperidine rings is 1. The number of hydrogen-bond donors (Lipinski definition) is 2. The Balaban J connectivity index is 1.87. The number of aliphatic hydroxyl groups is 1. The summed E-state index contributed by atoms with van der Waals surface area (Å²) >= 11 is 0. The molecule has 104 valence electrons. The summed E-state index contributed by atoms with van der Waals surface area (Å²) in [6, 6.07) is 6.53. The number of nitrogens with zero attached hydrogens (tertiary/aromatic N) is 1. The fourth-order valence-corrected chi connectivity index (χ4v) is 2.09. The average molecular weight is 265 g/mol. The third-order valence-electron chi connectivity index (χ3n) is 3.49. The summed E-state index contributed by atoms with van der Waals surface area (Å²) in [6.45, 7) is 2.84. The Hall–Kier alpha value is -1.75. The Morgan fingerprint density at radius 1 is 1.47 bits per heavy atom. The number of phenolic OH excluding ortho intramolecular Hbond substituents is 1. The smallest absolute Gasteiger partial charge is 0.260 e. The molecule has 0 radical (unpaired) electrons. The quantitative estimate of drug-likeness (QED) is 0.855. The predicted molar refractivity (Wildman–Crippen MR) is 70.0 cm³/mol. The maximum atomic E-state index is 11.9. The number of ether oxygens (including phenoxy) is 1. The Labute approximate surface area is 112 Å². The van der Waals surface area contributed by atoms with Crippen molar-refractivity contribution in [3.05, 3.63) is 24.3 Å². The molecule has 1 saturated heterocycles. The molecular formula is C14H19NO4. The number of carbonyl (C=O) groups is 1. The monoisotopic (exact) mass is 265 g/mol. The molecular weight excluding hydrogens is 246 g/mol. The minimum atomic E-state index is -0.470. The van der Waals surface area contributed by atoms with E-state index in [-0.39, 0.29) is 24.2 Å². The normalized spacial score (nSPS) is 23.2. The summed E-state index contributed by atoms with van der Waals surface area (Å²) in [5, 5.41) is 19.3. The minimum absolute atomic E-state index is 0.0163. The van der Waals surface area contributed by atoms with Gasteiger partial charge < -0.3 is 19.8 Å². The number of β-amino-alcohol motifs (C(OH)–C–C–N with tert-alkyl or cyclic N) is 1. The Bertz CT molecular complexity index is 449. The van der Waals surface area contributed by atoms with E-state index in [0.29, 0.717) is 18.8 Å². The van der Waals surface area contributed by atoms with Crippen LogP contribution in [-0.2, 0) is 4.79 Å². The Kier molecular flexibility index (Phi) is 4.27. The topological polar surface area (TPSA) is 70.0 Å². The van der Waals surface area contributed by atoms with Gasteiger partial charge in [-0.1, -0.05) is 19.1 Å². The fraction of sp³-hybridized carbons (Fsp3) is 0.500. The van der Waals surface area contributed by atoms with E-state index in [1.807, 2.05) is 6.92 Å². The van der Waals surface area contributed by atoms with Crippen molar-refractivity contribution in [2.75, 3.05) is 19.7 Å². The molecule has 2 atom stereocenters. The molecule has 0 bridgehead atoms. The van der Waals surface area contributed by atoms with E-state index in [1.54, 1.807) is 23.1 Å². The molecule has 1 amide bonds. The van der Waals surface area contributed by atoms with Gasteiger partial charge in [-0.15, -0.1) is 0 Å². The molecule has 0 saturated carbocycles. The van der Waals surface area contributed by atoms with Gasteiger partial charge in [-0.2, -0.15) is 0 Å². The molecule has 1 aliphatic heterocycles. The first-order valence-electron chi connectivity index (χ1n) is 6.44. The van der Waals surface area contributed by atoms with E-state index in [0.717, 1.165) is 6.42 Å². The van der Waals surface area contributed by atoms with E-state index in [9.17, 15) is 15.0 Å². The van der Waals surface area contributed by atoms with Gasteiger partial charge in [0.25, 0.3) is 5.91 Å². The number of rotatable bonds is 3. The zero-order valence-corrected chi connectivity index (χ0v) is 11.0. The van der Waals surface area contributed by atoms with Gasteiger partial charge in [0.2, 0.25) is 0 Å². The molecule has 2 N–H and O–H groups in total. The van der Waals surface area contributed by atoms with Gasteiger partial charge in [0.1, 0.15) is 0 Å². The van der Waals surface area contributed by atoms with Gasteiger partial charge in [-0.05, 0) is 24.5 Å². The van der Waals surface area contributed by atoms with Crippen molar-refractivity contribution < 1.29 is 19.7 Å². The van der Waals surface area contributed by atoms with Crippen molar-refractivity contribution >= 4 is 5.91 Å². The van der Waals surface area contributed by atoms with Crippen LogP contribution in [0.4, 0.5) is 0 Å². The first-order chi connectivity index (χ1) is 9.08. The summed E-state index contributed by atoms with van der Waals surface area (Å²) in [4.78, 5) is 13.5. The number of carbonyl (C=O) groups excluding carboxylic acids is 1. The number of likely N-dealkylation sites (tertiary alicyclic amines) is 1. The second kappa shape index (κ2) is 5.93. The lowest BCUT2D eigenvalue weighted by Crippen LogP contribution is -2.47. The van der Waals surface area contributed by atoms with Crippen LogP contribution < -0.4 is 4.74 Å². The van der Waals surface area contributed by atoms with Crippen molar-refractivity contribution in [2.24, 2.45) is 5.92 Å². The largest absolute Gasteiger partial charge is 0.504 e. The summed E-state index contributed by atoms with van der Waals surface area (Å²) < 4.78 is 5.29. The van der Waals surface area contributed by atoms with Gasteiger partial charge in [0.05, 0.1) is 6.10 Å². The molecule has 0 aliphatic carbocycles. The third-order valence-corrected chi connectivity index (χ3v) is 3.49. The molecule has 1 aromatic carbocycles. The van der Waals surface area contributed by atoms with Crippen molar-refractivity contribution in [2.45, 2.75) is 19.4 Å². The van der Waals surface area contributed by atoms with Crippen molar-refractivity contribution in [3.8, 4) is 11.5 Å². The highest BCUT2D eigenvalue weighted by Crippen LogP contribution is 2.24. The molecule has 1 aromatic rings. The second-order valence-electron chi connectivity index (χ2n) is 4.93. The summed E-state index contributed by atoms with van der Waals surface area (Å²) in [5.41, 5.74) is 0. The van der Waals surface area contributed by atoms with Crippen LogP contribution in [0.15, 0.2) is 24.3 Å². The number of para-hydroxylation sites is 2. The number of aromatic hydroxyl groups is 1. The Morgan fingerprint density at radius 3 is 2.89 bits per heavy atom. The number of hydrogen-bond acceptors (Lipinski definition) is 4. The number of benzene rings is 1. The van der Waals surface area contributed by atoms with Gasteiger partial charge in [0.15, 0.2) is 18.1 Å². The van der Waals surface area contributed by atoms with Gasteiger partial charge >= 0.3 is 0 Å². The molecule has 2 unspecified atom stereocenters. The van der Waals surface area contributed by atoms with Crippen molar-refractivity contribution in [1.29, 1.82) is 0 Å². The first-order valence-corrected chi connectivity index (χ1v) is 6.44. The predicted octanol–water partition coefficient (Wildman–Crippen LogP) is 1.00. The average Bonchev–Trinajstić information content (AvgIpc) is 2.40. The molecule has 0 spiro atoms. The molecule has 2 rings (SSSR count). The van der Waals surface area contributed by atoms with E-state index in [1.165, 1.54) is 6.07 Å². The highest BCUT2D eigenvalue weighted by molar-refractivity contribution is 5.78. The van der Waals surface area contributed by atoms with Crippen LogP contribution in [0.5, 0.6) is 11.5 Å². The molecule has 1 fully saturated rings. The number of phenols is 1. The lowest BCUT2D eigenvalue weighted by molar-refractivity contribution is -0.137. The molecule has 19 heavy (non-hydrogen) atoms. The molecule has 5 heteroatoms. The van der Waals surface area contributed by atoms with Crippen LogP contribution >= 0.6 is 0 Å². The van der Waals surface area contributed by atoms with Crippen LogP contribution in [0.25, 0.3) is 0 Å². The molecule has 0 aromatic heterocycles. The highest BCUT2D eigenvalue weighted by Gasteiger charge is 2.27. The fourth-order valence-electron chi connectivity index (χ4n) is 2.09. The molecule has 1 heterocycles. The molecule has 1 aliphatic rings. The van der Waals surface area contributed by atoms with Crippen LogP contribution in [0.3, 0.4) is 0 Å². The Morgan fingerprint density at radius 2 is 2.21 bits per heavy atom. The first kappa shape index (κ1) is 13.7. The summed E-state index contributed by atoms with van der Waals surface area (Å²) in [6.07, 6.45) is 0.326. The highest BCUT2D eigenvalue weighted by atomic mass is 16.5. The van der Waals surface area contributed by atoms with E-state index >= 15 is 0 Å². The lowest BCUT2D eigenvalue weighted by atomic mass is 9.96. The molecule has 5 nitrogen and oxygen atoms in total. The zero-order valence-electron chi connectivity index (χ0n) is 11.0. The van der Waals surface area contributed by atoms with Crippen molar-refractivity contribution in [1.82, 2.24) is 4.90 Å². The summed E-state index contributed by atoms with van der Waals surface area (Å²) in [5.74, 6) is 0.363. The van der Waals surface area contributed by atoms with Gasteiger partial charge in [0, 0.05) is 13.1 Å². The van der Waals surface area contributed by atoms with E-state index < -0.39 is 6.10 Å². The van der Waals surface area contributed by atoms with E-state index in [4.69, 9.17) is 4.74 Å². The standard InChI is InChI=1S/C14H19NO4/c1-10-6-7-15(8-12(10)17)14(18)9-19-13-5-3-2-4-11(13)16/h2-5,10,12,16-17H,6-9H2,1H3. The lowest BCUT2D eigenvalue weighted by Gasteiger charge is -2.34. The zero-order chi connectivity index (χ0) is 13.8. The van der Waals surface area contributed by atoms with Gasteiger partial charge in [-0.25, -0.2) is 0 Å². The number of aliphatic hydroxyl groups excluding tert-OH is 1. The van der Waals surface area contributed by atoms with Gasteiger partial charge in [-0.3, -0.25) is 4.79 Å². The second-order valence-corrected chi connectivity index (χ2v) is 4.93. The maximum Gasteiger partial charge on any atom is 0.260 e. The van der Waals surface area contributed by atoms with Crippen LogP contribution in [-0.4, -0.2) is 46.8 Å². The third kappa shape index (κ3) is 3.38. The van der Waals surface area contributed by atoms with Crippen LogP contribution in [0.2, 0.25) is 0 Å². The van der Waals surface area contributed by atoms with Crippen molar-refractivity contribution in [3.63, 3.8) is 0 Å². The number of amides is 1. The SMILES string of the molecule is CC1CCN(C(=O)COc2ccccc2O)CC1O. The minimum Gasteiger partial charge on any atom is -0.504 e. The maximum absolute atomic E-state index is 11.9. The van der Waals surface area contributed by atoms with E-state index in [2.05, 4.69) is 0 Å². The summed E-state index contributed by atoms with van der Waals surface area (Å²) in [7, 11) is 0. The van der Waals surface area contributed by atoms with Crippen LogP contribution in [0.1, 0.15) is 13.3 Å².